The molecule has 1 saturated heterocycles. The number of aliphatic carboxylic acids is 2. The largest absolute Gasteiger partial charge is 0.478 e. The second-order valence-corrected chi connectivity index (χ2v) is 7.81. The number of nitrogens with zero attached hydrogens (tertiary/aromatic N) is 3. The fraction of sp³-hybridized carbons (Fsp3) is 0.409. The van der Waals surface area contributed by atoms with Gasteiger partial charge in [0.15, 0.2) is 0 Å². The minimum atomic E-state index is -1.26. The van der Waals surface area contributed by atoms with E-state index in [4.69, 9.17) is 14.8 Å². The summed E-state index contributed by atoms with van der Waals surface area (Å²) >= 11 is 0. The van der Waals surface area contributed by atoms with Crippen molar-refractivity contribution in [3.05, 3.63) is 64.9 Å². The summed E-state index contributed by atoms with van der Waals surface area (Å²) in [5, 5.41) is 18.6. The van der Waals surface area contributed by atoms with Crippen LogP contribution in [0.3, 0.4) is 0 Å². The molecule has 2 N–H and O–H groups in total. The van der Waals surface area contributed by atoms with Crippen LogP contribution in [0.25, 0.3) is 0 Å². The van der Waals surface area contributed by atoms with Gasteiger partial charge in [-0.3, -0.25) is 0 Å². The smallest absolute Gasteiger partial charge is 0.352 e. The molecule has 2 aliphatic heterocycles. The summed E-state index contributed by atoms with van der Waals surface area (Å²) in [5.74, 6) is -1.50. The summed E-state index contributed by atoms with van der Waals surface area (Å²) in [7, 11) is 1.67. The van der Waals surface area contributed by atoms with Crippen LogP contribution in [0.5, 0.6) is 0 Å². The molecule has 0 aliphatic carbocycles. The highest BCUT2D eigenvalue weighted by atomic mass is 16.5. The molecule has 4 rings (SSSR count). The molecule has 2 aromatic rings. The number of carbonyl (C=O) groups is 2. The first-order valence-electron chi connectivity index (χ1n) is 10.0. The number of hydrogen-bond donors (Lipinski definition) is 2. The van der Waals surface area contributed by atoms with E-state index >= 15 is 0 Å². The lowest BCUT2D eigenvalue weighted by Crippen LogP contribution is -2.45. The van der Waals surface area contributed by atoms with Crippen LogP contribution in [0.15, 0.2) is 42.2 Å². The number of benzene rings is 1. The van der Waals surface area contributed by atoms with Crippen molar-refractivity contribution in [1.29, 1.82) is 0 Å². The number of aryl methyl sites for hydroxylation is 1. The Kier molecular flexibility index (Phi) is 5.34. The number of carboxylic acid groups (broad SMARTS) is 2. The number of aromatic nitrogens is 2. The average Bonchev–Trinajstić information content (AvgIpc) is 3.08. The molecular weight excluding hydrogens is 386 g/mol. The van der Waals surface area contributed by atoms with Gasteiger partial charge in [-0.05, 0) is 30.4 Å². The molecule has 1 spiro atoms. The van der Waals surface area contributed by atoms with E-state index in [9.17, 15) is 14.7 Å². The van der Waals surface area contributed by atoms with E-state index in [0.717, 1.165) is 30.6 Å². The van der Waals surface area contributed by atoms with Crippen molar-refractivity contribution in [3.63, 3.8) is 0 Å². The van der Waals surface area contributed by atoms with Crippen molar-refractivity contribution >= 4 is 11.9 Å². The van der Waals surface area contributed by atoms with E-state index in [0.29, 0.717) is 32.5 Å². The van der Waals surface area contributed by atoms with Crippen molar-refractivity contribution in [1.82, 2.24) is 14.5 Å². The van der Waals surface area contributed by atoms with E-state index in [1.165, 1.54) is 11.1 Å². The second kappa shape index (κ2) is 7.95. The van der Waals surface area contributed by atoms with E-state index in [2.05, 4.69) is 16.7 Å². The number of ether oxygens (including phenoxy) is 1. The van der Waals surface area contributed by atoms with Crippen LogP contribution in [0.1, 0.15) is 35.5 Å². The lowest BCUT2D eigenvalue weighted by Gasteiger charge is -2.42. The van der Waals surface area contributed by atoms with E-state index in [-0.39, 0.29) is 11.1 Å². The minimum Gasteiger partial charge on any atom is -0.478 e. The van der Waals surface area contributed by atoms with Gasteiger partial charge in [-0.15, -0.1) is 0 Å². The molecule has 0 atom stereocenters. The monoisotopic (exact) mass is 411 g/mol. The first kappa shape index (κ1) is 20.2. The van der Waals surface area contributed by atoms with Crippen LogP contribution in [0, 0.1) is 0 Å². The van der Waals surface area contributed by atoms with Gasteiger partial charge in [0.1, 0.15) is 11.5 Å². The molecule has 1 aromatic heterocycles. The maximum absolute atomic E-state index is 11.6. The van der Waals surface area contributed by atoms with Crippen molar-refractivity contribution in [2.45, 2.75) is 37.8 Å². The second-order valence-electron chi connectivity index (χ2n) is 7.81. The predicted molar refractivity (Wildman–Crippen MR) is 108 cm³/mol. The van der Waals surface area contributed by atoms with Crippen molar-refractivity contribution < 1.29 is 24.5 Å². The fourth-order valence-electron chi connectivity index (χ4n) is 4.89. The predicted octanol–water partition coefficient (Wildman–Crippen LogP) is 2.02. The number of fused-ring (bicyclic) bond motifs is 4. The number of methoxy groups -OCH3 is 1. The molecule has 8 nitrogen and oxygen atoms in total. The maximum Gasteiger partial charge on any atom is 0.352 e. The fourth-order valence-corrected chi connectivity index (χ4v) is 4.89. The third-order valence-electron chi connectivity index (χ3n) is 6.23. The number of rotatable bonds is 5. The quantitative estimate of drug-likeness (QED) is 0.725. The lowest BCUT2D eigenvalue weighted by atomic mass is 9.70. The van der Waals surface area contributed by atoms with Crippen LogP contribution in [0.4, 0.5) is 0 Å². The molecule has 158 valence electrons. The van der Waals surface area contributed by atoms with Crippen molar-refractivity contribution in [3.8, 4) is 0 Å². The Bertz CT molecular complexity index is 1000. The third-order valence-corrected chi connectivity index (χ3v) is 6.23. The van der Waals surface area contributed by atoms with Crippen molar-refractivity contribution in [2.75, 3.05) is 20.2 Å². The average molecular weight is 411 g/mol. The summed E-state index contributed by atoms with van der Waals surface area (Å²) in [6.07, 6.45) is 4.84. The summed E-state index contributed by atoms with van der Waals surface area (Å²) in [6.45, 7) is 2.17. The number of likely N-dealkylation sites (tertiary alicyclic amines) is 1. The van der Waals surface area contributed by atoms with Crippen LogP contribution in [-0.2, 0) is 39.3 Å². The number of piperidine rings is 1. The first-order chi connectivity index (χ1) is 14.5. The zero-order valence-corrected chi connectivity index (χ0v) is 16.9. The molecule has 1 fully saturated rings. The summed E-state index contributed by atoms with van der Waals surface area (Å²) in [5.41, 5.74) is 3.01. The highest BCUT2D eigenvalue weighted by molar-refractivity contribution is 5.94. The molecule has 8 heteroatoms. The number of carboxylic acids is 2. The van der Waals surface area contributed by atoms with Gasteiger partial charge < -0.3 is 24.4 Å². The normalized spacial score (nSPS) is 17.9. The Balaban J connectivity index is 1.75. The molecule has 30 heavy (non-hydrogen) atoms. The van der Waals surface area contributed by atoms with Crippen LogP contribution in [0.2, 0.25) is 0 Å². The van der Waals surface area contributed by atoms with Gasteiger partial charge >= 0.3 is 11.9 Å². The van der Waals surface area contributed by atoms with Crippen LogP contribution in [-0.4, -0.2) is 56.8 Å². The topological polar surface area (TPSA) is 105 Å². The Morgan fingerprint density at radius 2 is 1.93 bits per heavy atom. The van der Waals surface area contributed by atoms with Gasteiger partial charge in [-0.2, -0.15) is 0 Å². The Hall–Kier alpha value is -3.13. The molecule has 0 radical (unpaired) electrons. The summed E-state index contributed by atoms with van der Waals surface area (Å²) in [6, 6.07) is 8.38. The zero-order chi connectivity index (χ0) is 21.3. The number of imidazole rings is 1. The molecule has 0 amide bonds. The Morgan fingerprint density at radius 1 is 1.20 bits per heavy atom. The maximum atomic E-state index is 11.6. The highest BCUT2D eigenvalue weighted by Crippen LogP contribution is 2.45. The Morgan fingerprint density at radius 3 is 2.60 bits per heavy atom. The standard InChI is InChI=1S/C22H25N3O5/c1-30-14-16-13-23-21-22(17-5-3-2-4-15(17)6-9-25(16)21)7-10-24(11-8-22)18(20(28)29)12-19(26)27/h2-5,12-13H,6-11,14H2,1H3,(H,26,27)(H,28,29)/b18-12-. The third kappa shape index (κ3) is 3.37. The van der Waals surface area contributed by atoms with E-state index in [1.54, 1.807) is 12.0 Å². The van der Waals surface area contributed by atoms with E-state index < -0.39 is 11.9 Å². The van der Waals surface area contributed by atoms with E-state index in [1.807, 2.05) is 18.3 Å². The molecule has 0 unspecified atom stereocenters. The van der Waals surface area contributed by atoms with Gasteiger partial charge in [-0.25, -0.2) is 14.6 Å². The lowest BCUT2D eigenvalue weighted by molar-refractivity contribution is -0.136. The van der Waals surface area contributed by atoms with Crippen LogP contribution >= 0.6 is 0 Å². The minimum absolute atomic E-state index is 0.178. The molecule has 0 saturated carbocycles. The zero-order valence-electron chi connectivity index (χ0n) is 16.9. The summed E-state index contributed by atoms with van der Waals surface area (Å²) < 4.78 is 7.60. The van der Waals surface area contributed by atoms with Crippen molar-refractivity contribution in [2.24, 2.45) is 0 Å². The molecule has 0 bridgehead atoms. The molecule has 1 aromatic carbocycles. The SMILES string of the molecule is COCc1cnc2n1CCc1ccccc1C21CCN(/C(=C\C(=O)O)C(=O)O)CC1. The highest BCUT2D eigenvalue weighted by Gasteiger charge is 2.44. The van der Waals surface area contributed by atoms with Gasteiger partial charge in [0, 0.05) is 26.7 Å². The van der Waals surface area contributed by atoms with Gasteiger partial charge in [0.2, 0.25) is 0 Å². The Labute approximate surface area is 174 Å². The molecular formula is C22H25N3O5. The first-order valence-corrected chi connectivity index (χ1v) is 10.0. The van der Waals surface area contributed by atoms with Crippen LogP contribution < -0.4 is 0 Å². The molecule has 2 aliphatic rings. The summed E-state index contributed by atoms with van der Waals surface area (Å²) in [4.78, 5) is 29.2. The molecule has 3 heterocycles. The van der Waals surface area contributed by atoms with Gasteiger partial charge in [-0.1, -0.05) is 24.3 Å². The van der Waals surface area contributed by atoms with Gasteiger partial charge in [0.25, 0.3) is 0 Å². The van der Waals surface area contributed by atoms with Gasteiger partial charge in [0.05, 0.1) is 30.0 Å². The number of hydrogen-bond acceptors (Lipinski definition) is 5.